The molecule has 0 bridgehead atoms. The van der Waals surface area contributed by atoms with Crippen LogP contribution >= 0.6 is 11.3 Å². The van der Waals surface area contributed by atoms with E-state index >= 15 is 0 Å². The molecule has 0 saturated heterocycles. The molecule has 0 aliphatic rings. The van der Waals surface area contributed by atoms with Crippen molar-refractivity contribution in [3.8, 4) is 0 Å². The van der Waals surface area contributed by atoms with Crippen molar-refractivity contribution >= 4 is 33.3 Å². The number of hydrogen-bond donors (Lipinski definition) is 2. The number of aliphatic hydroxyl groups is 1. The Morgan fingerprint density at radius 1 is 1.45 bits per heavy atom. The summed E-state index contributed by atoms with van der Waals surface area (Å²) in [4.78, 5) is 21.9. The third-order valence-corrected chi connectivity index (χ3v) is 4.29. The Morgan fingerprint density at radius 3 is 2.73 bits per heavy atom. The lowest BCUT2D eigenvalue weighted by molar-refractivity contribution is 0.0383. The number of aromatic nitrogens is 2. The van der Waals surface area contributed by atoms with Gasteiger partial charge in [-0.1, -0.05) is 0 Å². The van der Waals surface area contributed by atoms with Gasteiger partial charge in [0.1, 0.15) is 21.9 Å². The maximum absolute atomic E-state index is 12.2. The number of rotatable bonds is 5. The fourth-order valence-corrected chi connectivity index (χ4v) is 3.02. The summed E-state index contributed by atoms with van der Waals surface area (Å²) >= 11 is 1.29. The van der Waals surface area contributed by atoms with Crippen molar-refractivity contribution in [3.63, 3.8) is 0 Å². The minimum atomic E-state index is -0.520. The largest absolute Gasteiger partial charge is 0.459 e. The smallest absolute Gasteiger partial charge is 0.348 e. The molecule has 0 unspecified atom stereocenters. The van der Waals surface area contributed by atoms with Gasteiger partial charge in [-0.25, -0.2) is 14.8 Å². The van der Waals surface area contributed by atoms with E-state index in [1.54, 1.807) is 0 Å². The number of aryl methyl sites for hydroxylation is 1. The molecule has 2 heterocycles. The van der Waals surface area contributed by atoms with Crippen molar-refractivity contribution in [2.24, 2.45) is 0 Å². The Balaban J connectivity index is 2.49. The van der Waals surface area contributed by atoms with Crippen molar-refractivity contribution in [3.05, 3.63) is 16.8 Å². The summed E-state index contributed by atoms with van der Waals surface area (Å²) in [7, 11) is 0. The summed E-state index contributed by atoms with van der Waals surface area (Å²) < 4.78 is 5.27. The molecule has 0 atom stereocenters. The van der Waals surface area contributed by atoms with Crippen LogP contribution in [0.15, 0.2) is 6.33 Å². The number of thiophene rings is 1. The van der Waals surface area contributed by atoms with Gasteiger partial charge in [0.25, 0.3) is 0 Å². The highest BCUT2D eigenvalue weighted by Gasteiger charge is 2.24. The van der Waals surface area contributed by atoms with Gasteiger partial charge in [0.15, 0.2) is 0 Å². The van der Waals surface area contributed by atoms with Crippen molar-refractivity contribution in [1.29, 1.82) is 0 Å². The minimum Gasteiger partial charge on any atom is -0.459 e. The highest BCUT2D eigenvalue weighted by Crippen LogP contribution is 2.34. The third-order valence-electron chi connectivity index (χ3n) is 3.11. The number of nitrogens with one attached hydrogen (secondary N) is 1. The van der Waals surface area contributed by atoms with Crippen LogP contribution in [0.2, 0.25) is 0 Å². The Morgan fingerprint density at radius 2 is 2.14 bits per heavy atom. The molecule has 0 aliphatic carbocycles. The Kier molecular flexibility index (Phi) is 4.67. The van der Waals surface area contributed by atoms with E-state index in [1.165, 1.54) is 17.7 Å². The average Bonchev–Trinajstić information content (AvgIpc) is 2.76. The van der Waals surface area contributed by atoms with Gasteiger partial charge in [0.05, 0.1) is 23.6 Å². The number of anilines is 1. The first-order valence-corrected chi connectivity index (χ1v) is 7.91. The molecule has 2 aromatic heterocycles. The van der Waals surface area contributed by atoms with Crippen molar-refractivity contribution in [2.45, 2.75) is 46.3 Å². The second-order valence-electron chi connectivity index (χ2n) is 6.08. The minimum absolute atomic E-state index is 0.0378. The lowest BCUT2D eigenvalue weighted by Crippen LogP contribution is -2.35. The van der Waals surface area contributed by atoms with E-state index in [-0.39, 0.29) is 18.7 Å². The van der Waals surface area contributed by atoms with Crippen LogP contribution in [0.1, 0.15) is 42.9 Å². The number of fused-ring (bicyclic) bond motifs is 1. The van der Waals surface area contributed by atoms with Gasteiger partial charge in [-0.3, -0.25) is 0 Å². The Labute approximate surface area is 133 Å². The Hall–Kier alpha value is -1.73. The van der Waals surface area contributed by atoms with Crippen molar-refractivity contribution in [1.82, 2.24) is 9.97 Å². The van der Waals surface area contributed by atoms with Crippen molar-refractivity contribution < 1.29 is 14.6 Å². The maximum Gasteiger partial charge on any atom is 0.348 e. The number of hydrogen-bond acceptors (Lipinski definition) is 7. The summed E-state index contributed by atoms with van der Waals surface area (Å²) in [5, 5.41) is 13.4. The molecule has 0 radical (unpaired) electrons. The van der Waals surface area contributed by atoms with Gasteiger partial charge in [-0.05, 0) is 40.2 Å². The van der Waals surface area contributed by atoms with E-state index in [0.29, 0.717) is 10.7 Å². The molecular weight excluding hydrogens is 302 g/mol. The van der Waals surface area contributed by atoms with Gasteiger partial charge < -0.3 is 15.2 Å². The van der Waals surface area contributed by atoms with Crippen molar-refractivity contribution in [2.75, 3.05) is 11.9 Å². The van der Waals surface area contributed by atoms with Gasteiger partial charge in [-0.15, -0.1) is 11.3 Å². The van der Waals surface area contributed by atoms with Crippen LogP contribution in [-0.4, -0.2) is 39.3 Å². The fraction of sp³-hybridized carbons (Fsp3) is 0.533. The fourth-order valence-electron chi connectivity index (χ4n) is 1.99. The summed E-state index contributed by atoms with van der Waals surface area (Å²) in [5.41, 5.74) is 0.274. The number of carbonyl (C=O) groups is 1. The maximum atomic E-state index is 12.2. The molecule has 0 amide bonds. The predicted octanol–water partition coefficient (Wildman–Crippen LogP) is 2.75. The van der Waals surface area contributed by atoms with Gasteiger partial charge in [0.2, 0.25) is 0 Å². The monoisotopic (exact) mass is 323 g/mol. The van der Waals surface area contributed by atoms with E-state index in [0.717, 1.165) is 15.8 Å². The normalized spacial score (nSPS) is 12.0. The molecule has 0 saturated carbocycles. The molecular formula is C15H21N3O3S. The highest BCUT2D eigenvalue weighted by molar-refractivity contribution is 7.20. The van der Waals surface area contributed by atoms with Crippen LogP contribution in [0.3, 0.4) is 0 Å². The predicted molar refractivity (Wildman–Crippen MR) is 87.5 cm³/mol. The zero-order valence-corrected chi connectivity index (χ0v) is 14.2. The Bertz CT molecular complexity index is 695. The molecule has 0 aromatic carbocycles. The van der Waals surface area contributed by atoms with E-state index in [4.69, 9.17) is 4.74 Å². The second-order valence-corrected chi connectivity index (χ2v) is 7.08. The van der Waals surface area contributed by atoms with E-state index in [1.807, 2.05) is 34.6 Å². The third kappa shape index (κ3) is 3.36. The first kappa shape index (κ1) is 16.6. The molecule has 2 rings (SSSR count). The second kappa shape index (κ2) is 6.18. The van der Waals surface area contributed by atoms with Crippen LogP contribution in [0.5, 0.6) is 0 Å². The quantitative estimate of drug-likeness (QED) is 0.823. The van der Waals surface area contributed by atoms with E-state index in [2.05, 4.69) is 15.3 Å². The number of nitrogens with zero attached hydrogens (tertiary/aromatic N) is 2. The van der Waals surface area contributed by atoms with E-state index < -0.39 is 5.54 Å². The zero-order chi connectivity index (χ0) is 16.5. The summed E-state index contributed by atoms with van der Waals surface area (Å²) in [6.07, 6.45) is 1.28. The molecule has 7 heteroatoms. The van der Waals surface area contributed by atoms with Crippen LogP contribution in [0, 0.1) is 6.92 Å². The topological polar surface area (TPSA) is 84.3 Å². The van der Waals surface area contributed by atoms with Crippen LogP contribution in [0.4, 0.5) is 5.82 Å². The first-order chi connectivity index (χ1) is 10.2. The van der Waals surface area contributed by atoms with E-state index in [9.17, 15) is 9.90 Å². The number of aliphatic hydroxyl groups excluding tert-OH is 1. The molecule has 120 valence electrons. The number of carbonyl (C=O) groups excluding carboxylic acids is 1. The summed E-state index contributed by atoms with van der Waals surface area (Å²) in [6.45, 7) is 9.20. The molecule has 2 aromatic rings. The average molecular weight is 323 g/mol. The molecule has 0 fully saturated rings. The van der Waals surface area contributed by atoms with Gasteiger partial charge in [-0.2, -0.15) is 0 Å². The molecule has 22 heavy (non-hydrogen) atoms. The van der Waals surface area contributed by atoms with Crippen LogP contribution in [-0.2, 0) is 4.74 Å². The molecule has 0 aliphatic heterocycles. The molecule has 0 spiro atoms. The number of ether oxygens (including phenoxy) is 1. The number of esters is 1. The lowest BCUT2D eigenvalue weighted by Gasteiger charge is -2.24. The summed E-state index contributed by atoms with van der Waals surface area (Å²) in [5.74, 6) is 0.268. The van der Waals surface area contributed by atoms with Gasteiger partial charge >= 0.3 is 5.97 Å². The SMILES string of the molecule is Cc1c(C(=O)OC(C)C)sc2ncnc(NC(C)(C)CO)c12. The highest BCUT2D eigenvalue weighted by atomic mass is 32.1. The van der Waals surface area contributed by atoms with Crippen LogP contribution in [0.25, 0.3) is 10.2 Å². The summed E-state index contributed by atoms with van der Waals surface area (Å²) in [6, 6.07) is 0. The first-order valence-electron chi connectivity index (χ1n) is 7.09. The zero-order valence-electron chi connectivity index (χ0n) is 13.4. The molecule has 6 nitrogen and oxygen atoms in total. The van der Waals surface area contributed by atoms with Crippen LogP contribution < -0.4 is 5.32 Å². The van der Waals surface area contributed by atoms with Gasteiger partial charge in [0, 0.05) is 0 Å². The standard InChI is InChI=1S/C15H21N3O3S/c1-8(2)21-14(20)11-9(3)10-12(18-15(4,5)6-19)16-7-17-13(10)22-11/h7-8,19H,6H2,1-5H3,(H,16,17,18). The lowest BCUT2D eigenvalue weighted by atomic mass is 10.1. The molecule has 2 N–H and O–H groups in total.